The van der Waals surface area contributed by atoms with Gasteiger partial charge in [0.1, 0.15) is 0 Å². The number of hydrogen-bond acceptors (Lipinski definition) is 4. The molecule has 23 heavy (non-hydrogen) atoms. The highest BCUT2D eigenvalue weighted by Crippen LogP contribution is 2.19. The van der Waals surface area contributed by atoms with Crippen LogP contribution in [-0.4, -0.2) is 65.9 Å². The Morgan fingerprint density at radius 1 is 1.43 bits per heavy atom. The van der Waals surface area contributed by atoms with Crippen LogP contribution in [0.2, 0.25) is 0 Å². The Morgan fingerprint density at radius 3 is 2.52 bits per heavy atom. The summed E-state index contributed by atoms with van der Waals surface area (Å²) in [5.74, 6) is 0.831. The highest BCUT2D eigenvalue weighted by atomic mass is 127. The number of nitrogens with one attached hydrogen (secondary N) is 2. The van der Waals surface area contributed by atoms with Gasteiger partial charge in [0.25, 0.3) is 0 Å². The first-order valence-electron chi connectivity index (χ1n) is 7.43. The maximum Gasteiger partial charge on any atom is 0.191 e. The molecule has 8 heteroatoms. The van der Waals surface area contributed by atoms with Crippen molar-refractivity contribution < 1.29 is 0 Å². The van der Waals surface area contributed by atoms with Gasteiger partial charge >= 0.3 is 0 Å². The number of aryl methyl sites for hydroxylation is 1. The summed E-state index contributed by atoms with van der Waals surface area (Å²) in [4.78, 5) is 6.49. The molecule has 1 rings (SSSR count). The Morgan fingerprint density at radius 2 is 2.09 bits per heavy atom. The first kappa shape index (κ1) is 22.5. The topological polar surface area (TPSA) is 57.5 Å². The third-order valence-electron chi connectivity index (χ3n) is 3.65. The van der Waals surface area contributed by atoms with Gasteiger partial charge in [-0.25, -0.2) is 0 Å². The molecule has 1 aromatic rings. The molecule has 0 saturated carbocycles. The van der Waals surface area contributed by atoms with E-state index in [2.05, 4.69) is 66.0 Å². The van der Waals surface area contributed by atoms with Crippen LogP contribution in [0.1, 0.15) is 25.5 Å². The zero-order valence-corrected chi connectivity index (χ0v) is 18.4. The van der Waals surface area contributed by atoms with E-state index in [1.807, 2.05) is 29.7 Å². The predicted octanol–water partition coefficient (Wildman–Crippen LogP) is 1.95. The van der Waals surface area contributed by atoms with E-state index < -0.39 is 0 Å². The van der Waals surface area contributed by atoms with Crippen molar-refractivity contribution in [2.24, 2.45) is 12.0 Å². The lowest BCUT2D eigenvalue weighted by Crippen LogP contribution is -2.45. The minimum atomic E-state index is 0. The monoisotopic (exact) mass is 454 g/mol. The molecule has 2 N–H and O–H groups in total. The Kier molecular flexibility index (Phi) is 10.2. The van der Waals surface area contributed by atoms with Gasteiger partial charge in [0, 0.05) is 43.7 Å². The number of thioether (sulfide) groups is 1. The summed E-state index contributed by atoms with van der Waals surface area (Å²) in [6.45, 7) is 6.08. The predicted molar refractivity (Wildman–Crippen MR) is 112 cm³/mol. The number of nitrogens with zero attached hydrogens (tertiary/aromatic N) is 4. The molecule has 1 aromatic heterocycles. The number of aliphatic imine (C=N–C) groups is 1. The fourth-order valence-corrected chi connectivity index (χ4v) is 2.21. The van der Waals surface area contributed by atoms with E-state index in [1.165, 1.54) is 5.56 Å². The van der Waals surface area contributed by atoms with Gasteiger partial charge in [-0.15, -0.1) is 24.0 Å². The van der Waals surface area contributed by atoms with Gasteiger partial charge in [-0.2, -0.15) is 16.9 Å². The van der Waals surface area contributed by atoms with Crippen LogP contribution in [0.4, 0.5) is 0 Å². The molecular formula is C15H31IN6S. The fraction of sp³-hybridized carbons (Fsp3) is 0.733. The average molecular weight is 454 g/mol. The van der Waals surface area contributed by atoms with E-state index in [4.69, 9.17) is 0 Å². The molecule has 1 unspecified atom stereocenters. The van der Waals surface area contributed by atoms with Crippen molar-refractivity contribution in [3.8, 4) is 0 Å². The number of aromatic nitrogens is 2. The standard InChI is InChI=1S/C15H30N6S.HI/c1-15(2,22-7)11-18-14(16-3)17-9-13(20(4)5)12-8-19-21(6)10-12;/h8,10,13H,9,11H2,1-7H3,(H2,16,17,18);1H. The number of halogens is 1. The van der Waals surface area contributed by atoms with Crippen LogP contribution in [0.3, 0.4) is 0 Å². The SMILES string of the molecule is CN=C(NCC(c1cnn(C)c1)N(C)C)NCC(C)(C)SC.I. The molecule has 0 aliphatic heterocycles. The van der Waals surface area contributed by atoms with Crippen LogP contribution < -0.4 is 10.6 Å². The molecule has 1 heterocycles. The van der Waals surface area contributed by atoms with E-state index in [0.717, 1.165) is 19.0 Å². The maximum atomic E-state index is 4.30. The lowest BCUT2D eigenvalue weighted by Gasteiger charge is -2.26. The van der Waals surface area contributed by atoms with Crippen LogP contribution in [-0.2, 0) is 7.05 Å². The van der Waals surface area contributed by atoms with Gasteiger partial charge in [-0.1, -0.05) is 0 Å². The Hall–Kier alpha value is -0.480. The van der Waals surface area contributed by atoms with Crippen LogP contribution in [0.25, 0.3) is 0 Å². The molecule has 0 radical (unpaired) electrons. The summed E-state index contributed by atoms with van der Waals surface area (Å²) in [6.07, 6.45) is 6.10. The van der Waals surface area contributed by atoms with Crippen LogP contribution in [0.5, 0.6) is 0 Å². The summed E-state index contributed by atoms with van der Waals surface area (Å²) >= 11 is 1.84. The number of rotatable bonds is 7. The lowest BCUT2D eigenvalue weighted by molar-refractivity contribution is 0.298. The van der Waals surface area contributed by atoms with Crippen molar-refractivity contribution in [1.82, 2.24) is 25.3 Å². The summed E-state index contributed by atoms with van der Waals surface area (Å²) in [5, 5.41) is 11.1. The van der Waals surface area contributed by atoms with E-state index in [9.17, 15) is 0 Å². The van der Waals surface area contributed by atoms with Crippen LogP contribution in [0.15, 0.2) is 17.4 Å². The normalized spacial score (nSPS) is 13.7. The highest BCUT2D eigenvalue weighted by Gasteiger charge is 2.18. The Labute approximate surface area is 161 Å². The molecule has 1 atom stereocenters. The lowest BCUT2D eigenvalue weighted by atomic mass is 10.1. The second-order valence-electron chi connectivity index (χ2n) is 6.20. The summed E-state index contributed by atoms with van der Waals surface area (Å²) in [5.41, 5.74) is 1.19. The zero-order chi connectivity index (χ0) is 16.8. The summed E-state index contributed by atoms with van der Waals surface area (Å²) in [6, 6.07) is 0.251. The van der Waals surface area contributed by atoms with Gasteiger partial charge in [0.2, 0.25) is 0 Å². The third kappa shape index (κ3) is 7.75. The van der Waals surface area contributed by atoms with Gasteiger partial charge in [0.15, 0.2) is 5.96 Å². The van der Waals surface area contributed by atoms with Gasteiger partial charge < -0.3 is 15.5 Å². The second kappa shape index (κ2) is 10.4. The second-order valence-corrected chi connectivity index (χ2v) is 7.71. The largest absolute Gasteiger partial charge is 0.355 e. The van der Waals surface area contributed by atoms with E-state index in [-0.39, 0.29) is 34.8 Å². The van der Waals surface area contributed by atoms with Crippen LogP contribution >= 0.6 is 35.7 Å². The first-order valence-corrected chi connectivity index (χ1v) is 8.66. The van der Waals surface area contributed by atoms with Crippen molar-refractivity contribution >= 4 is 41.7 Å². The Balaban J connectivity index is 0.00000484. The molecule has 6 nitrogen and oxygen atoms in total. The van der Waals surface area contributed by atoms with Crippen molar-refractivity contribution in [3.63, 3.8) is 0 Å². The van der Waals surface area contributed by atoms with Crippen molar-refractivity contribution in [2.45, 2.75) is 24.6 Å². The highest BCUT2D eigenvalue weighted by molar-refractivity contribution is 14.0. The molecule has 0 spiro atoms. The molecule has 0 amide bonds. The zero-order valence-electron chi connectivity index (χ0n) is 15.3. The molecular weight excluding hydrogens is 423 g/mol. The molecule has 0 saturated heterocycles. The minimum absolute atomic E-state index is 0. The number of guanidine groups is 1. The van der Waals surface area contributed by atoms with Crippen molar-refractivity contribution in [3.05, 3.63) is 18.0 Å². The molecule has 0 aliphatic rings. The van der Waals surface area contributed by atoms with Gasteiger partial charge in [-0.05, 0) is 34.2 Å². The average Bonchev–Trinajstić information content (AvgIpc) is 2.88. The summed E-state index contributed by atoms with van der Waals surface area (Å²) < 4.78 is 2.02. The fourth-order valence-electron chi connectivity index (χ4n) is 1.99. The van der Waals surface area contributed by atoms with Gasteiger partial charge in [-0.3, -0.25) is 9.67 Å². The molecule has 0 bridgehead atoms. The van der Waals surface area contributed by atoms with Crippen molar-refractivity contribution in [1.29, 1.82) is 0 Å². The van der Waals surface area contributed by atoms with Crippen molar-refractivity contribution in [2.75, 3.05) is 40.5 Å². The quantitative estimate of drug-likeness (QED) is 0.375. The first-order chi connectivity index (χ1) is 10.3. The smallest absolute Gasteiger partial charge is 0.191 e. The van der Waals surface area contributed by atoms with E-state index in [1.54, 1.807) is 7.05 Å². The number of likely N-dealkylation sites (N-methyl/N-ethyl adjacent to an activating group) is 1. The number of hydrogen-bond donors (Lipinski definition) is 2. The van der Waals surface area contributed by atoms with Crippen LogP contribution in [0, 0.1) is 0 Å². The molecule has 0 fully saturated rings. The maximum absolute atomic E-state index is 4.30. The minimum Gasteiger partial charge on any atom is -0.355 e. The molecule has 0 aromatic carbocycles. The van der Waals surface area contributed by atoms with E-state index in [0.29, 0.717) is 0 Å². The summed E-state index contributed by atoms with van der Waals surface area (Å²) in [7, 11) is 7.89. The Bertz CT molecular complexity index is 486. The molecule has 0 aliphatic carbocycles. The third-order valence-corrected chi connectivity index (χ3v) is 4.90. The van der Waals surface area contributed by atoms with E-state index >= 15 is 0 Å². The van der Waals surface area contributed by atoms with Gasteiger partial charge in [0.05, 0.1) is 12.2 Å². The molecule has 134 valence electrons.